The van der Waals surface area contributed by atoms with E-state index < -0.39 is 6.10 Å². The van der Waals surface area contributed by atoms with Crippen LogP contribution in [0.15, 0.2) is 0 Å². The fraction of sp³-hybridized carbons (Fsp3) is 0.923. The Morgan fingerprint density at radius 3 is 2.94 bits per heavy atom. The van der Waals surface area contributed by atoms with Crippen LogP contribution in [0.5, 0.6) is 0 Å². The van der Waals surface area contributed by atoms with Crippen LogP contribution in [0.3, 0.4) is 0 Å². The summed E-state index contributed by atoms with van der Waals surface area (Å²) in [5, 5.41) is 15.9. The number of aliphatic hydroxyl groups excluding tert-OH is 1. The summed E-state index contributed by atoms with van der Waals surface area (Å²) >= 11 is 0. The molecule has 2 aliphatic rings. The highest BCUT2D eigenvalue weighted by Crippen LogP contribution is 2.37. The van der Waals surface area contributed by atoms with Gasteiger partial charge in [-0.15, -0.1) is 0 Å². The maximum absolute atomic E-state index is 12.0. The molecule has 4 atom stereocenters. The Hall–Kier alpha value is -0.610. The lowest BCUT2D eigenvalue weighted by Gasteiger charge is -2.20. The van der Waals surface area contributed by atoms with Gasteiger partial charge in [0.25, 0.3) is 0 Å². The summed E-state index contributed by atoms with van der Waals surface area (Å²) in [7, 11) is 0. The number of fused-ring (bicyclic) bond motifs is 1. The molecule has 1 saturated heterocycles. The average molecular weight is 240 g/mol. The molecule has 17 heavy (non-hydrogen) atoms. The van der Waals surface area contributed by atoms with Crippen LogP contribution in [0, 0.1) is 17.8 Å². The third-order valence-electron chi connectivity index (χ3n) is 4.28. The number of carbonyl (C=O) groups is 1. The second-order valence-corrected chi connectivity index (χ2v) is 5.80. The van der Waals surface area contributed by atoms with Crippen molar-refractivity contribution in [2.75, 3.05) is 13.1 Å². The van der Waals surface area contributed by atoms with Gasteiger partial charge in [-0.1, -0.05) is 20.3 Å². The van der Waals surface area contributed by atoms with Crippen molar-refractivity contribution in [1.82, 2.24) is 10.6 Å². The highest BCUT2D eigenvalue weighted by molar-refractivity contribution is 5.82. The van der Waals surface area contributed by atoms with Gasteiger partial charge in [-0.25, -0.2) is 0 Å². The summed E-state index contributed by atoms with van der Waals surface area (Å²) in [4.78, 5) is 12.0. The molecular weight excluding hydrogens is 216 g/mol. The number of hydrogen-bond acceptors (Lipinski definition) is 3. The SMILES string of the molecule is CC(C)C(O)CNC(=O)C1NCC2CCCC21. The van der Waals surface area contributed by atoms with Gasteiger partial charge in [-0.3, -0.25) is 4.79 Å². The predicted octanol–water partition coefficient (Wildman–Crippen LogP) is 0.508. The normalized spacial score (nSPS) is 33.8. The Balaban J connectivity index is 1.80. The minimum atomic E-state index is -0.445. The van der Waals surface area contributed by atoms with Crippen LogP contribution in [0.1, 0.15) is 33.1 Å². The Morgan fingerprint density at radius 2 is 2.24 bits per heavy atom. The van der Waals surface area contributed by atoms with E-state index in [1.165, 1.54) is 19.3 Å². The molecule has 0 radical (unpaired) electrons. The smallest absolute Gasteiger partial charge is 0.237 e. The molecule has 0 bridgehead atoms. The zero-order valence-corrected chi connectivity index (χ0v) is 10.8. The number of amides is 1. The zero-order valence-electron chi connectivity index (χ0n) is 10.8. The molecule has 1 aliphatic carbocycles. The summed E-state index contributed by atoms with van der Waals surface area (Å²) in [6, 6.07) is -0.0261. The van der Waals surface area contributed by atoms with Crippen molar-refractivity contribution in [3.05, 3.63) is 0 Å². The van der Waals surface area contributed by atoms with Gasteiger partial charge in [0.1, 0.15) is 0 Å². The van der Waals surface area contributed by atoms with E-state index in [0.717, 1.165) is 6.54 Å². The van der Waals surface area contributed by atoms with Crippen LogP contribution in [0.4, 0.5) is 0 Å². The second-order valence-electron chi connectivity index (χ2n) is 5.80. The summed E-state index contributed by atoms with van der Waals surface area (Å²) in [5.41, 5.74) is 0. The highest BCUT2D eigenvalue weighted by atomic mass is 16.3. The van der Waals surface area contributed by atoms with Gasteiger partial charge in [0.2, 0.25) is 5.91 Å². The van der Waals surface area contributed by atoms with Gasteiger partial charge in [-0.05, 0) is 37.1 Å². The van der Waals surface area contributed by atoms with E-state index in [4.69, 9.17) is 0 Å². The molecule has 1 saturated carbocycles. The molecular formula is C13H24N2O2. The third-order valence-corrected chi connectivity index (χ3v) is 4.28. The molecule has 1 amide bonds. The fourth-order valence-corrected chi connectivity index (χ4v) is 3.03. The van der Waals surface area contributed by atoms with Gasteiger partial charge >= 0.3 is 0 Å². The van der Waals surface area contributed by atoms with E-state index in [9.17, 15) is 9.90 Å². The van der Waals surface area contributed by atoms with E-state index in [0.29, 0.717) is 18.4 Å². The van der Waals surface area contributed by atoms with Crippen LogP contribution in [-0.2, 0) is 4.79 Å². The maximum atomic E-state index is 12.0. The molecule has 4 heteroatoms. The molecule has 0 aromatic heterocycles. The lowest BCUT2D eigenvalue weighted by Crippen LogP contribution is -2.46. The van der Waals surface area contributed by atoms with Crippen LogP contribution in [0.25, 0.3) is 0 Å². The van der Waals surface area contributed by atoms with Crippen molar-refractivity contribution in [2.24, 2.45) is 17.8 Å². The molecule has 4 nitrogen and oxygen atoms in total. The first-order chi connectivity index (χ1) is 8.09. The largest absolute Gasteiger partial charge is 0.391 e. The minimum absolute atomic E-state index is 0.0261. The number of hydrogen-bond donors (Lipinski definition) is 3. The van der Waals surface area contributed by atoms with Crippen molar-refractivity contribution in [1.29, 1.82) is 0 Å². The van der Waals surface area contributed by atoms with E-state index in [2.05, 4.69) is 10.6 Å². The molecule has 98 valence electrons. The zero-order chi connectivity index (χ0) is 12.4. The molecule has 0 spiro atoms. The number of nitrogens with one attached hydrogen (secondary N) is 2. The quantitative estimate of drug-likeness (QED) is 0.671. The summed E-state index contributed by atoms with van der Waals surface area (Å²) in [5.74, 6) is 1.47. The number of rotatable bonds is 4. The Bertz CT molecular complexity index is 281. The number of aliphatic hydroxyl groups is 1. The van der Waals surface area contributed by atoms with Crippen molar-refractivity contribution < 1.29 is 9.90 Å². The monoisotopic (exact) mass is 240 g/mol. The standard InChI is InChI=1S/C13H24N2O2/c1-8(2)11(16)7-15-13(17)12-10-5-3-4-9(10)6-14-12/h8-12,14,16H,3-7H2,1-2H3,(H,15,17). The topological polar surface area (TPSA) is 61.4 Å². The van der Waals surface area contributed by atoms with Crippen LogP contribution >= 0.6 is 0 Å². The van der Waals surface area contributed by atoms with E-state index >= 15 is 0 Å². The fourth-order valence-electron chi connectivity index (χ4n) is 3.03. The van der Waals surface area contributed by atoms with Gasteiger partial charge in [0.05, 0.1) is 12.1 Å². The summed E-state index contributed by atoms with van der Waals surface area (Å²) in [6.45, 7) is 5.26. The van der Waals surface area contributed by atoms with Gasteiger partial charge < -0.3 is 15.7 Å². The molecule has 2 fully saturated rings. The van der Waals surface area contributed by atoms with Crippen LogP contribution < -0.4 is 10.6 Å². The maximum Gasteiger partial charge on any atom is 0.237 e. The lowest BCUT2D eigenvalue weighted by atomic mass is 9.93. The molecule has 2 rings (SSSR count). The molecule has 0 aromatic rings. The molecule has 0 aromatic carbocycles. The second kappa shape index (κ2) is 5.36. The van der Waals surface area contributed by atoms with E-state index in [1.807, 2.05) is 13.8 Å². The lowest BCUT2D eigenvalue weighted by molar-refractivity contribution is -0.124. The first-order valence-corrected chi connectivity index (χ1v) is 6.78. The number of carbonyl (C=O) groups excluding carboxylic acids is 1. The van der Waals surface area contributed by atoms with Gasteiger partial charge in [0.15, 0.2) is 0 Å². The van der Waals surface area contributed by atoms with Crippen molar-refractivity contribution in [2.45, 2.75) is 45.3 Å². The van der Waals surface area contributed by atoms with Gasteiger partial charge in [0, 0.05) is 6.54 Å². The molecule has 4 unspecified atom stereocenters. The van der Waals surface area contributed by atoms with Crippen molar-refractivity contribution in [3.63, 3.8) is 0 Å². The summed E-state index contributed by atoms with van der Waals surface area (Å²) in [6.07, 6.45) is 3.24. The highest BCUT2D eigenvalue weighted by Gasteiger charge is 2.42. The molecule has 1 aliphatic heterocycles. The van der Waals surface area contributed by atoms with Crippen molar-refractivity contribution in [3.8, 4) is 0 Å². The summed E-state index contributed by atoms with van der Waals surface area (Å²) < 4.78 is 0. The predicted molar refractivity (Wildman–Crippen MR) is 66.5 cm³/mol. The van der Waals surface area contributed by atoms with Gasteiger partial charge in [-0.2, -0.15) is 0 Å². The van der Waals surface area contributed by atoms with E-state index in [-0.39, 0.29) is 17.9 Å². The third kappa shape index (κ3) is 2.80. The Kier molecular flexibility index (Phi) is 4.05. The van der Waals surface area contributed by atoms with Crippen molar-refractivity contribution >= 4 is 5.91 Å². The van der Waals surface area contributed by atoms with E-state index in [1.54, 1.807) is 0 Å². The Labute approximate surface area is 103 Å². The average Bonchev–Trinajstić information content (AvgIpc) is 2.86. The first-order valence-electron chi connectivity index (χ1n) is 6.78. The molecule has 3 N–H and O–H groups in total. The molecule has 1 heterocycles. The first kappa shape index (κ1) is 12.8. The minimum Gasteiger partial charge on any atom is -0.391 e. The Morgan fingerprint density at radius 1 is 1.47 bits per heavy atom. The van der Waals surface area contributed by atoms with Crippen LogP contribution in [0.2, 0.25) is 0 Å². The van der Waals surface area contributed by atoms with Crippen LogP contribution in [-0.4, -0.2) is 36.2 Å².